The lowest BCUT2D eigenvalue weighted by Gasteiger charge is -2.34. The standard InChI is InChI=1S/C14H19Cl2N3O4/c1-17(8-12(20)21)6-9-7-19(3-4-23-9)14(22)11-5-10(15)13(16)18(11)2/h5,9H,3-4,6-8H2,1-2H3,(H,20,21)/t9-/m1/s1. The van der Waals surface area contributed by atoms with Crippen molar-refractivity contribution in [2.45, 2.75) is 6.10 Å². The van der Waals surface area contributed by atoms with E-state index in [4.69, 9.17) is 33.0 Å². The molecule has 1 aliphatic rings. The van der Waals surface area contributed by atoms with Crippen LogP contribution in [-0.4, -0.2) is 77.3 Å². The van der Waals surface area contributed by atoms with Crippen molar-refractivity contribution in [3.05, 3.63) is 21.9 Å². The molecule has 1 amide bonds. The fourth-order valence-corrected chi connectivity index (χ4v) is 2.94. The molecule has 2 rings (SSSR count). The van der Waals surface area contributed by atoms with Gasteiger partial charge in [0.05, 0.1) is 24.3 Å². The van der Waals surface area contributed by atoms with E-state index in [-0.39, 0.29) is 18.6 Å². The van der Waals surface area contributed by atoms with E-state index >= 15 is 0 Å². The highest BCUT2D eigenvalue weighted by Gasteiger charge is 2.28. The lowest BCUT2D eigenvalue weighted by molar-refractivity contribution is -0.138. The summed E-state index contributed by atoms with van der Waals surface area (Å²) in [6.07, 6.45) is -0.233. The normalized spacial score (nSPS) is 18.5. The maximum Gasteiger partial charge on any atom is 0.317 e. The third-order valence-corrected chi connectivity index (χ3v) is 4.52. The molecule has 9 heteroatoms. The first kappa shape index (κ1) is 18.1. The van der Waals surface area contributed by atoms with E-state index in [1.54, 1.807) is 34.5 Å². The number of aliphatic carboxylic acids is 1. The summed E-state index contributed by atoms with van der Waals surface area (Å²) in [5.74, 6) is -1.07. The number of hydrogen-bond acceptors (Lipinski definition) is 4. The molecule has 0 aromatic carbocycles. The maximum absolute atomic E-state index is 12.6. The second-order valence-corrected chi connectivity index (χ2v) is 6.33. The number of likely N-dealkylation sites (N-methyl/N-ethyl adjacent to an activating group) is 1. The van der Waals surface area contributed by atoms with Crippen LogP contribution in [0.1, 0.15) is 10.5 Å². The average Bonchev–Trinajstić information content (AvgIpc) is 2.73. The molecule has 1 saturated heterocycles. The van der Waals surface area contributed by atoms with Gasteiger partial charge in [-0.15, -0.1) is 0 Å². The molecule has 7 nitrogen and oxygen atoms in total. The van der Waals surface area contributed by atoms with Gasteiger partial charge in [-0.2, -0.15) is 0 Å². The third-order valence-electron chi connectivity index (χ3n) is 3.68. The Morgan fingerprint density at radius 2 is 2.17 bits per heavy atom. The largest absolute Gasteiger partial charge is 0.480 e. The van der Waals surface area contributed by atoms with Crippen molar-refractivity contribution >= 4 is 35.1 Å². The zero-order valence-corrected chi connectivity index (χ0v) is 14.5. The Morgan fingerprint density at radius 1 is 1.48 bits per heavy atom. The summed E-state index contributed by atoms with van der Waals surface area (Å²) in [6, 6.07) is 1.55. The molecule has 0 spiro atoms. The van der Waals surface area contributed by atoms with Crippen LogP contribution in [0.2, 0.25) is 10.2 Å². The second-order valence-electron chi connectivity index (χ2n) is 5.56. The van der Waals surface area contributed by atoms with E-state index in [9.17, 15) is 9.59 Å². The molecule has 0 saturated carbocycles. The van der Waals surface area contributed by atoms with Gasteiger partial charge in [-0.05, 0) is 13.1 Å². The third kappa shape index (κ3) is 4.38. The first-order valence-corrected chi connectivity index (χ1v) is 7.87. The Labute approximate surface area is 144 Å². The van der Waals surface area contributed by atoms with Gasteiger partial charge in [-0.25, -0.2) is 0 Å². The molecular weight excluding hydrogens is 345 g/mol. The Bertz CT molecular complexity index is 605. The molecule has 1 N–H and O–H groups in total. The zero-order valence-electron chi connectivity index (χ0n) is 13.0. The van der Waals surface area contributed by atoms with Crippen molar-refractivity contribution in [1.82, 2.24) is 14.4 Å². The smallest absolute Gasteiger partial charge is 0.317 e. The van der Waals surface area contributed by atoms with Gasteiger partial charge >= 0.3 is 5.97 Å². The van der Waals surface area contributed by atoms with Gasteiger partial charge in [-0.3, -0.25) is 14.5 Å². The molecule has 23 heavy (non-hydrogen) atoms. The minimum atomic E-state index is -0.899. The van der Waals surface area contributed by atoms with E-state index in [0.717, 1.165) is 0 Å². The number of rotatable bonds is 5. The Hall–Kier alpha value is -1.28. The molecule has 2 heterocycles. The molecule has 1 fully saturated rings. The van der Waals surface area contributed by atoms with Gasteiger partial charge < -0.3 is 19.3 Å². The highest BCUT2D eigenvalue weighted by molar-refractivity contribution is 6.41. The highest BCUT2D eigenvalue weighted by atomic mass is 35.5. The molecular formula is C14H19Cl2N3O4. The SMILES string of the molecule is CN(CC(=O)O)C[C@@H]1CN(C(=O)c2cc(Cl)c(Cl)n2C)CCO1. The van der Waals surface area contributed by atoms with Crippen molar-refractivity contribution in [3.63, 3.8) is 0 Å². The topological polar surface area (TPSA) is 75.0 Å². The van der Waals surface area contributed by atoms with E-state index in [0.29, 0.717) is 42.1 Å². The van der Waals surface area contributed by atoms with Gasteiger partial charge in [0.2, 0.25) is 0 Å². The molecule has 1 aromatic heterocycles. The quantitative estimate of drug-likeness (QED) is 0.850. The van der Waals surface area contributed by atoms with Crippen molar-refractivity contribution in [3.8, 4) is 0 Å². The number of amides is 1. The minimum Gasteiger partial charge on any atom is -0.480 e. The Morgan fingerprint density at radius 3 is 2.74 bits per heavy atom. The fourth-order valence-electron chi connectivity index (χ4n) is 2.57. The molecule has 0 radical (unpaired) electrons. The number of morpholine rings is 1. The van der Waals surface area contributed by atoms with Gasteiger partial charge in [0.1, 0.15) is 10.8 Å². The van der Waals surface area contributed by atoms with E-state index < -0.39 is 5.97 Å². The second kappa shape index (κ2) is 7.53. The number of carbonyl (C=O) groups is 2. The van der Waals surface area contributed by atoms with Gasteiger partial charge in [0.15, 0.2) is 0 Å². The summed E-state index contributed by atoms with van der Waals surface area (Å²) < 4.78 is 7.17. The summed E-state index contributed by atoms with van der Waals surface area (Å²) in [6.45, 7) is 1.63. The summed E-state index contributed by atoms with van der Waals surface area (Å²) >= 11 is 12.0. The Balaban J connectivity index is 2.01. The number of carboxylic acid groups (broad SMARTS) is 1. The number of hydrogen-bond donors (Lipinski definition) is 1. The zero-order chi connectivity index (χ0) is 17.1. The number of carbonyl (C=O) groups excluding carboxylic acids is 1. The van der Waals surface area contributed by atoms with Crippen LogP contribution in [0.25, 0.3) is 0 Å². The van der Waals surface area contributed by atoms with Crippen molar-refractivity contribution in [2.75, 3.05) is 39.8 Å². The molecule has 0 bridgehead atoms. The van der Waals surface area contributed by atoms with Crippen molar-refractivity contribution < 1.29 is 19.4 Å². The number of nitrogens with zero attached hydrogens (tertiary/aromatic N) is 3. The highest BCUT2D eigenvalue weighted by Crippen LogP contribution is 2.26. The summed E-state index contributed by atoms with van der Waals surface area (Å²) in [4.78, 5) is 26.6. The first-order valence-electron chi connectivity index (χ1n) is 7.11. The lowest BCUT2D eigenvalue weighted by Crippen LogP contribution is -2.49. The molecule has 0 aliphatic carbocycles. The van der Waals surface area contributed by atoms with Crippen LogP contribution in [0, 0.1) is 0 Å². The summed E-state index contributed by atoms with van der Waals surface area (Å²) in [5.41, 5.74) is 0.416. The van der Waals surface area contributed by atoms with E-state index in [1.165, 1.54) is 0 Å². The number of halogens is 2. The van der Waals surface area contributed by atoms with Crippen LogP contribution in [0.4, 0.5) is 0 Å². The van der Waals surface area contributed by atoms with Crippen LogP contribution < -0.4 is 0 Å². The maximum atomic E-state index is 12.6. The number of carboxylic acids is 1. The summed E-state index contributed by atoms with van der Waals surface area (Å²) in [7, 11) is 3.38. The van der Waals surface area contributed by atoms with E-state index in [1.807, 2.05) is 0 Å². The predicted octanol–water partition coefficient (Wildman–Crippen LogP) is 1.19. The van der Waals surface area contributed by atoms with E-state index in [2.05, 4.69) is 0 Å². The predicted molar refractivity (Wildman–Crippen MR) is 86.2 cm³/mol. The fraction of sp³-hybridized carbons (Fsp3) is 0.571. The molecule has 128 valence electrons. The van der Waals surface area contributed by atoms with Crippen LogP contribution in [0.5, 0.6) is 0 Å². The molecule has 0 unspecified atom stereocenters. The van der Waals surface area contributed by atoms with Gasteiger partial charge in [0.25, 0.3) is 5.91 Å². The van der Waals surface area contributed by atoms with Crippen LogP contribution >= 0.6 is 23.2 Å². The monoisotopic (exact) mass is 363 g/mol. The van der Waals surface area contributed by atoms with Crippen LogP contribution in [0.3, 0.4) is 0 Å². The number of ether oxygens (including phenoxy) is 1. The van der Waals surface area contributed by atoms with Crippen LogP contribution in [-0.2, 0) is 16.6 Å². The van der Waals surface area contributed by atoms with Crippen molar-refractivity contribution in [2.24, 2.45) is 7.05 Å². The average molecular weight is 364 g/mol. The minimum absolute atomic E-state index is 0.0726. The van der Waals surface area contributed by atoms with Gasteiger partial charge in [-0.1, -0.05) is 23.2 Å². The molecule has 1 atom stereocenters. The molecule has 1 aromatic rings. The first-order chi connectivity index (χ1) is 10.8. The van der Waals surface area contributed by atoms with Gasteiger partial charge in [0, 0.05) is 26.7 Å². The lowest BCUT2D eigenvalue weighted by atomic mass is 10.2. The Kier molecular flexibility index (Phi) is 5.91. The molecule has 1 aliphatic heterocycles. The van der Waals surface area contributed by atoms with Crippen LogP contribution in [0.15, 0.2) is 6.07 Å². The van der Waals surface area contributed by atoms with Crippen molar-refractivity contribution in [1.29, 1.82) is 0 Å². The summed E-state index contributed by atoms with van der Waals surface area (Å²) in [5, 5.41) is 9.44. The number of aromatic nitrogens is 1.